The van der Waals surface area contributed by atoms with Crippen LogP contribution in [-0.4, -0.2) is 29.3 Å². The molecule has 0 saturated heterocycles. The summed E-state index contributed by atoms with van der Waals surface area (Å²) in [4.78, 5) is 25.7. The molecule has 0 aliphatic heterocycles. The van der Waals surface area contributed by atoms with Crippen LogP contribution in [0.2, 0.25) is 0 Å². The van der Waals surface area contributed by atoms with Gasteiger partial charge in [0, 0.05) is 5.75 Å². The number of hydroxylamine groups is 1. The first-order valence-corrected chi connectivity index (χ1v) is 6.08. The van der Waals surface area contributed by atoms with Crippen LogP contribution in [0.3, 0.4) is 0 Å². The topological polar surface area (TPSA) is 75.6 Å². The van der Waals surface area contributed by atoms with Crippen molar-refractivity contribution in [3.05, 3.63) is 35.9 Å². The quantitative estimate of drug-likeness (QED) is 0.712. The van der Waals surface area contributed by atoms with E-state index in [1.807, 2.05) is 30.3 Å². The lowest BCUT2D eigenvalue weighted by atomic mass is 10.2. The molecule has 0 unspecified atom stereocenters. The van der Waals surface area contributed by atoms with Crippen LogP contribution in [0.4, 0.5) is 0 Å². The fraction of sp³-hybridized carbons (Fsp3) is 0.273. The first kappa shape index (κ1) is 13.5. The van der Waals surface area contributed by atoms with Gasteiger partial charge in [0.05, 0.1) is 5.75 Å². The van der Waals surface area contributed by atoms with E-state index in [0.717, 1.165) is 11.3 Å². The maximum absolute atomic E-state index is 11.2. The average Bonchev–Trinajstić information content (AvgIpc) is 2.30. The van der Waals surface area contributed by atoms with E-state index in [0.29, 0.717) is 0 Å². The molecule has 0 bridgehead atoms. The largest absolute Gasteiger partial charge is 0.479 e. The molecular formula is C11H13NO4S. The van der Waals surface area contributed by atoms with Gasteiger partial charge in [0.25, 0.3) is 5.91 Å². The van der Waals surface area contributed by atoms with Gasteiger partial charge in [-0.15, -0.1) is 11.8 Å². The molecule has 5 nitrogen and oxygen atoms in total. The van der Waals surface area contributed by atoms with Crippen molar-refractivity contribution < 1.29 is 19.5 Å². The van der Waals surface area contributed by atoms with Gasteiger partial charge in [-0.3, -0.25) is 9.63 Å². The minimum Gasteiger partial charge on any atom is -0.479 e. The number of rotatable bonds is 7. The lowest BCUT2D eigenvalue weighted by Gasteiger charge is -2.03. The SMILES string of the molecule is O=C(O)CONC(=O)CSCc1ccccc1. The molecule has 92 valence electrons. The zero-order chi connectivity index (χ0) is 12.5. The molecule has 0 radical (unpaired) electrons. The molecule has 1 aromatic carbocycles. The van der Waals surface area contributed by atoms with Crippen molar-refractivity contribution in [2.45, 2.75) is 5.75 Å². The van der Waals surface area contributed by atoms with Crippen LogP contribution in [0.1, 0.15) is 5.56 Å². The van der Waals surface area contributed by atoms with E-state index in [9.17, 15) is 9.59 Å². The maximum atomic E-state index is 11.2. The molecule has 1 aromatic rings. The van der Waals surface area contributed by atoms with Crippen LogP contribution in [0.5, 0.6) is 0 Å². The van der Waals surface area contributed by atoms with Crippen LogP contribution in [0.25, 0.3) is 0 Å². The van der Waals surface area contributed by atoms with E-state index in [-0.39, 0.29) is 11.7 Å². The second kappa shape index (κ2) is 7.70. The number of nitrogens with one attached hydrogen (secondary N) is 1. The average molecular weight is 255 g/mol. The Labute approximate surface area is 103 Å². The number of carbonyl (C=O) groups excluding carboxylic acids is 1. The smallest absolute Gasteiger partial charge is 0.332 e. The molecule has 0 aliphatic carbocycles. The summed E-state index contributed by atoms with van der Waals surface area (Å²) < 4.78 is 0. The van der Waals surface area contributed by atoms with Crippen molar-refractivity contribution in [1.29, 1.82) is 0 Å². The maximum Gasteiger partial charge on any atom is 0.332 e. The zero-order valence-corrected chi connectivity index (χ0v) is 9.90. The van der Waals surface area contributed by atoms with E-state index in [2.05, 4.69) is 10.3 Å². The lowest BCUT2D eigenvalue weighted by molar-refractivity contribution is -0.148. The van der Waals surface area contributed by atoms with Crippen LogP contribution in [0, 0.1) is 0 Å². The van der Waals surface area contributed by atoms with Crippen LogP contribution < -0.4 is 5.48 Å². The molecule has 0 aliphatic rings. The van der Waals surface area contributed by atoms with Crippen LogP contribution in [0.15, 0.2) is 30.3 Å². The van der Waals surface area contributed by atoms with Gasteiger partial charge in [-0.2, -0.15) is 0 Å². The third-order valence-electron chi connectivity index (χ3n) is 1.73. The summed E-state index contributed by atoms with van der Waals surface area (Å²) in [7, 11) is 0. The molecular weight excluding hydrogens is 242 g/mol. The Bertz CT molecular complexity index is 369. The normalized spacial score (nSPS) is 9.88. The molecule has 0 saturated carbocycles. The highest BCUT2D eigenvalue weighted by Crippen LogP contribution is 2.10. The molecule has 0 heterocycles. The van der Waals surface area contributed by atoms with Gasteiger partial charge in [-0.1, -0.05) is 30.3 Å². The van der Waals surface area contributed by atoms with Gasteiger partial charge in [-0.25, -0.2) is 10.3 Å². The summed E-state index contributed by atoms with van der Waals surface area (Å²) in [5, 5.41) is 8.27. The Kier molecular flexibility index (Phi) is 6.13. The summed E-state index contributed by atoms with van der Waals surface area (Å²) in [6, 6.07) is 9.76. The molecule has 0 spiro atoms. The number of carboxylic acids is 1. The van der Waals surface area contributed by atoms with Crippen molar-refractivity contribution in [3.63, 3.8) is 0 Å². The molecule has 0 fully saturated rings. The number of hydrogen-bond donors (Lipinski definition) is 2. The van der Waals surface area contributed by atoms with Crippen molar-refractivity contribution in [1.82, 2.24) is 5.48 Å². The minimum absolute atomic E-state index is 0.231. The Balaban J connectivity index is 2.10. The predicted molar refractivity (Wildman–Crippen MR) is 64.3 cm³/mol. The van der Waals surface area contributed by atoms with Crippen molar-refractivity contribution in [3.8, 4) is 0 Å². The predicted octanol–water partition coefficient (Wildman–Crippen LogP) is 1.05. The van der Waals surface area contributed by atoms with Crippen LogP contribution >= 0.6 is 11.8 Å². The Morgan fingerprint density at radius 3 is 2.65 bits per heavy atom. The standard InChI is InChI=1S/C11H13NO4S/c13-10(12-16-6-11(14)15)8-17-7-9-4-2-1-3-5-9/h1-5H,6-8H2,(H,12,13)(H,14,15). The van der Waals surface area contributed by atoms with Gasteiger partial charge in [-0.05, 0) is 5.56 Å². The fourth-order valence-electron chi connectivity index (χ4n) is 1.04. The van der Waals surface area contributed by atoms with E-state index in [1.165, 1.54) is 11.8 Å². The lowest BCUT2D eigenvalue weighted by Crippen LogP contribution is -2.28. The number of aliphatic carboxylic acids is 1. The zero-order valence-electron chi connectivity index (χ0n) is 9.09. The van der Waals surface area contributed by atoms with E-state index in [1.54, 1.807) is 0 Å². The van der Waals surface area contributed by atoms with E-state index < -0.39 is 12.6 Å². The highest BCUT2D eigenvalue weighted by atomic mass is 32.2. The van der Waals surface area contributed by atoms with Crippen molar-refractivity contribution in [2.24, 2.45) is 0 Å². The summed E-state index contributed by atoms with van der Waals surface area (Å²) in [6.07, 6.45) is 0. The van der Waals surface area contributed by atoms with E-state index in [4.69, 9.17) is 5.11 Å². The van der Waals surface area contributed by atoms with Crippen molar-refractivity contribution >= 4 is 23.6 Å². The molecule has 1 rings (SSSR count). The fourth-order valence-corrected chi connectivity index (χ4v) is 1.82. The third kappa shape index (κ3) is 6.60. The first-order chi connectivity index (χ1) is 8.18. The Hall–Kier alpha value is -1.53. The van der Waals surface area contributed by atoms with E-state index >= 15 is 0 Å². The molecule has 6 heteroatoms. The minimum atomic E-state index is -1.12. The van der Waals surface area contributed by atoms with Gasteiger partial charge < -0.3 is 5.11 Å². The van der Waals surface area contributed by atoms with Gasteiger partial charge in [0.2, 0.25) is 0 Å². The number of amides is 1. The molecule has 0 atom stereocenters. The number of thioether (sulfide) groups is 1. The number of carbonyl (C=O) groups is 2. The number of carboxylic acid groups (broad SMARTS) is 1. The molecule has 0 aromatic heterocycles. The van der Waals surface area contributed by atoms with Gasteiger partial charge in [0.1, 0.15) is 0 Å². The summed E-state index contributed by atoms with van der Waals surface area (Å²) in [5.41, 5.74) is 3.20. The van der Waals surface area contributed by atoms with Crippen LogP contribution in [-0.2, 0) is 20.2 Å². The van der Waals surface area contributed by atoms with Gasteiger partial charge in [0.15, 0.2) is 6.61 Å². The Morgan fingerprint density at radius 1 is 1.29 bits per heavy atom. The second-order valence-corrected chi connectivity index (χ2v) is 4.17. The second-order valence-electron chi connectivity index (χ2n) is 3.19. The summed E-state index contributed by atoms with van der Waals surface area (Å²) >= 11 is 1.43. The van der Waals surface area contributed by atoms with Gasteiger partial charge >= 0.3 is 5.97 Å². The highest BCUT2D eigenvalue weighted by molar-refractivity contribution is 7.99. The molecule has 2 N–H and O–H groups in total. The Morgan fingerprint density at radius 2 is 2.00 bits per heavy atom. The summed E-state index contributed by atoms with van der Waals surface area (Å²) in [5.74, 6) is -0.503. The highest BCUT2D eigenvalue weighted by Gasteiger charge is 2.03. The van der Waals surface area contributed by atoms with Crippen molar-refractivity contribution in [2.75, 3.05) is 12.4 Å². The molecule has 1 amide bonds. The third-order valence-corrected chi connectivity index (χ3v) is 2.73. The monoisotopic (exact) mass is 255 g/mol. The number of hydrogen-bond acceptors (Lipinski definition) is 4. The first-order valence-electron chi connectivity index (χ1n) is 4.92. The summed E-state index contributed by atoms with van der Waals surface area (Å²) in [6.45, 7) is -0.533. The number of benzene rings is 1. The molecule has 17 heavy (non-hydrogen) atoms.